The normalized spacial score (nSPS) is 11.0. The zero-order chi connectivity index (χ0) is 20.9. The third kappa shape index (κ3) is 8.37. The van der Waals surface area contributed by atoms with Crippen LogP contribution in [0.3, 0.4) is 0 Å². The number of unbranched alkanes of at least 4 members (excludes halogenated alkanes) is 6. The van der Waals surface area contributed by atoms with Crippen LogP contribution in [-0.2, 0) is 0 Å². The van der Waals surface area contributed by atoms with Gasteiger partial charge in [-0.25, -0.2) is 10.4 Å². The Balaban J connectivity index is 1.82. The van der Waals surface area contributed by atoms with Crippen LogP contribution in [0.1, 0.15) is 63.1 Å². The molecule has 1 aromatic heterocycles. The SMILES string of the molecule is CCCCCCCCCOc1ccc(/C=N\Nc2nc(C)cc(=O)[nH]2)cc1OC. The molecule has 0 spiro atoms. The number of hydrogen-bond acceptors (Lipinski definition) is 6. The standard InChI is InChI=1S/C22H32N4O3/c1-4-5-6-7-8-9-10-13-29-19-12-11-18(15-20(19)28-3)16-23-26-22-24-17(2)14-21(27)25-22/h11-12,14-16H,4-10,13H2,1-3H3,(H2,24,25,26,27)/b23-16-. The van der Waals surface area contributed by atoms with Crippen molar-refractivity contribution in [2.45, 2.75) is 58.8 Å². The summed E-state index contributed by atoms with van der Waals surface area (Å²) in [5.41, 5.74) is 3.96. The largest absolute Gasteiger partial charge is 0.493 e. The molecule has 0 saturated carbocycles. The van der Waals surface area contributed by atoms with E-state index in [-0.39, 0.29) is 5.56 Å². The van der Waals surface area contributed by atoms with Gasteiger partial charge in [0, 0.05) is 11.8 Å². The number of H-pyrrole nitrogens is 1. The molecule has 0 aliphatic heterocycles. The zero-order valence-electron chi connectivity index (χ0n) is 17.7. The van der Waals surface area contributed by atoms with E-state index in [1.54, 1.807) is 20.2 Å². The molecular formula is C22H32N4O3. The minimum Gasteiger partial charge on any atom is -0.493 e. The Labute approximate surface area is 172 Å². The summed E-state index contributed by atoms with van der Waals surface area (Å²) in [6.45, 7) is 4.67. The van der Waals surface area contributed by atoms with E-state index in [4.69, 9.17) is 9.47 Å². The Kier molecular flexibility index (Phi) is 9.75. The van der Waals surface area contributed by atoms with Crippen LogP contribution in [0.5, 0.6) is 11.5 Å². The highest BCUT2D eigenvalue weighted by Crippen LogP contribution is 2.27. The summed E-state index contributed by atoms with van der Waals surface area (Å²) in [4.78, 5) is 18.2. The molecule has 0 bridgehead atoms. The maximum absolute atomic E-state index is 11.4. The van der Waals surface area contributed by atoms with Crippen molar-refractivity contribution in [2.75, 3.05) is 19.1 Å². The first kappa shape index (κ1) is 22.5. The number of aromatic amines is 1. The first-order valence-electron chi connectivity index (χ1n) is 10.3. The lowest BCUT2D eigenvalue weighted by atomic mass is 10.1. The Morgan fingerprint density at radius 2 is 1.86 bits per heavy atom. The summed E-state index contributed by atoms with van der Waals surface area (Å²) in [5.74, 6) is 1.69. The summed E-state index contributed by atoms with van der Waals surface area (Å²) >= 11 is 0. The molecule has 0 aliphatic rings. The Bertz CT molecular complexity index is 833. The fourth-order valence-corrected chi connectivity index (χ4v) is 2.93. The smallest absolute Gasteiger partial charge is 0.252 e. The molecule has 0 atom stereocenters. The number of aryl methyl sites for hydroxylation is 1. The molecule has 0 radical (unpaired) electrons. The molecule has 29 heavy (non-hydrogen) atoms. The molecule has 2 aromatic rings. The third-order valence-electron chi connectivity index (χ3n) is 4.45. The molecule has 7 nitrogen and oxygen atoms in total. The van der Waals surface area contributed by atoms with Gasteiger partial charge in [0.1, 0.15) is 0 Å². The topological polar surface area (TPSA) is 88.6 Å². The molecule has 2 rings (SSSR count). The number of benzene rings is 1. The van der Waals surface area contributed by atoms with Crippen LogP contribution in [0, 0.1) is 6.92 Å². The van der Waals surface area contributed by atoms with E-state index in [0.29, 0.717) is 24.0 Å². The van der Waals surface area contributed by atoms with Crippen molar-refractivity contribution in [3.8, 4) is 11.5 Å². The predicted molar refractivity (Wildman–Crippen MR) is 117 cm³/mol. The van der Waals surface area contributed by atoms with Gasteiger partial charge in [-0.05, 0) is 37.1 Å². The van der Waals surface area contributed by atoms with Gasteiger partial charge in [-0.15, -0.1) is 0 Å². The molecule has 0 unspecified atom stereocenters. The van der Waals surface area contributed by atoms with Crippen LogP contribution >= 0.6 is 0 Å². The van der Waals surface area contributed by atoms with Crippen molar-refractivity contribution < 1.29 is 9.47 Å². The van der Waals surface area contributed by atoms with Crippen LogP contribution in [0.2, 0.25) is 0 Å². The lowest BCUT2D eigenvalue weighted by molar-refractivity contribution is 0.284. The van der Waals surface area contributed by atoms with Gasteiger partial charge in [0.2, 0.25) is 5.95 Å². The summed E-state index contributed by atoms with van der Waals surface area (Å²) in [7, 11) is 1.62. The van der Waals surface area contributed by atoms with Crippen LogP contribution in [-0.4, -0.2) is 29.9 Å². The number of methoxy groups -OCH3 is 1. The second-order valence-electron chi connectivity index (χ2n) is 6.99. The zero-order valence-corrected chi connectivity index (χ0v) is 17.7. The molecule has 1 aromatic carbocycles. The average molecular weight is 401 g/mol. The van der Waals surface area contributed by atoms with Crippen LogP contribution in [0.15, 0.2) is 34.2 Å². The van der Waals surface area contributed by atoms with E-state index in [1.165, 1.54) is 44.6 Å². The summed E-state index contributed by atoms with van der Waals surface area (Å²) in [6.07, 6.45) is 10.4. The van der Waals surface area contributed by atoms with Gasteiger partial charge in [-0.1, -0.05) is 45.4 Å². The van der Waals surface area contributed by atoms with E-state index in [9.17, 15) is 4.79 Å². The Morgan fingerprint density at radius 3 is 2.59 bits per heavy atom. The van der Waals surface area contributed by atoms with Crippen LogP contribution in [0.4, 0.5) is 5.95 Å². The fraction of sp³-hybridized carbons (Fsp3) is 0.500. The molecule has 0 saturated heterocycles. The average Bonchev–Trinajstić information content (AvgIpc) is 2.70. The number of ether oxygens (including phenoxy) is 2. The second kappa shape index (κ2) is 12.6. The predicted octanol–water partition coefficient (Wildman–Crippen LogP) is 4.66. The fourth-order valence-electron chi connectivity index (χ4n) is 2.93. The van der Waals surface area contributed by atoms with Crippen molar-refractivity contribution in [3.05, 3.63) is 45.9 Å². The number of nitrogens with one attached hydrogen (secondary N) is 2. The van der Waals surface area contributed by atoms with Crippen molar-refractivity contribution in [1.29, 1.82) is 0 Å². The summed E-state index contributed by atoms with van der Waals surface area (Å²) in [5, 5.41) is 4.11. The number of anilines is 1. The van der Waals surface area contributed by atoms with Gasteiger partial charge in [-0.2, -0.15) is 5.10 Å². The summed E-state index contributed by atoms with van der Waals surface area (Å²) < 4.78 is 11.3. The van der Waals surface area contributed by atoms with E-state index in [0.717, 1.165) is 17.7 Å². The Hall–Kier alpha value is -2.83. The van der Waals surface area contributed by atoms with Crippen molar-refractivity contribution in [2.24, 2.45) is 5.10 Å². The van der Waals surface area contributed by atoms with E-state index < -0.39 is 0 Å². The highest BCUT2D eigenvalue weighted by molar-refractivity contribution is 5.81. The maximum atomic E-state index is 11.4. The second-order valence-corrected chi connectivity index (χ2v) is 6.99. The van der Waals surface area contributed by atoms with Gasteiger partial charge < -0.3 is 9.47 Å². The molecule has 158 valence electrons. The van der Waals surface area contributed by atoms with Gasteiger partial charge in [-0.3, -0.25) is 9.78 Å². The number of aromatic nitrogens is 2. The highest BCUT2D eigenvalue weighted by Gasteiger charge is 2.05. The van der Waals surface area contributed by atoms with Gasteiger partial charge in [0.15, 0.2) is 11.5 Å². The van der Waals surface area contributed by atoms with E-state index in [1.807, 2.05) is 18.2 Å². The monoisotopic (exact) mass is 400 g/mol. The Morgan fingerprint density at radius 1 is 1.10 bits per heavy atom. The number of rotatable bonds is 13. The molecule has 1 heterocycles. The van der Waals surface area contributed by atoms with Crippen molar-refractivity contribution in [1.82, 2.24) is 9.97 Å². The quantitative estimate of drug-likeness (QED) is 0.290. The molecule has 2 N–H and O–H groups in total. The minimum atomic E-state index is -0.223. The van der Waals surface area contributed by atoms with E-state index in [2.05, 4.69) is 27.4 Å². The van der Waals surface area contributed by atoms with Gasteiger partial charge in [0.25, 0.3) is 5.56 Å². The summed E-state index contributed by atoms with van der Waals surface area (Å²) in [6, 6.07) is 7.07. The minimum absolute atomic E-state index is 0.223. The molecular weight excluding hydrogens is 368 g/mol. The molecule has 0 amide bonds. The van der Waals surface area contributed by atoms with Crippen molar-refractivity contribution in [3.63, 3.8) is 0 Å². The molecule has 0 aliphatic carbocycles. The first-order chi connectivity index (χ1) is 14.1. The van der Waals surface area contributed by atoms with Crippen LogP contribution in [0.25, 0.3) is 0 Å². The lowest BCUT2D eigenvalue weighted by Gasteiger charge is -2.11. The van der Waals surface area contributed by atoms with Crippen molar-refractivity contribution >= 4 is 12.2 Å². The van der Waals surface area contributed by atoms with Crippen LogP contribution < -0.4 is 20.5 Å². The number of hydrazone groups is 1. The maximum Gasteiger partial charge on any atom is 0.252 e. The third-order valence-corrected chi connectivity index (χ3v) is 4.45. The molecule has 0 fully saturated rings. The van der Waals surface area contributed by atoms with E-state index >= 15 is 0 Å². The lowest BCUT2D eigenvalue weighted by Crippen LogP contribution is -2.10. The first-order valence-corrected chi connectivity index (χ1v) is 10.3. The number of nitrogens with zero attached hydrogens (tertiary/aromatic N) is 2. The van der Waals surface area contributed by atoms with Gasteiger partial charge >= 0.3 is 0 Å². The number of hydrogen-bond donors (Lipinski definition) is 2. The van der Waals surface area contributed by atoms with Gasteiger partial charge in [0.05, 0.1) is 19.9 Å². The highest BCUT2D eigenvalue weighted by atomic mass is 16.5. The molecule has 7 heteroatoms.